The number of carbonyl (C=O) groups excluding carboxylic acids is 3. The van der Waals surface area contributed by atoms with Crippen molar-refractivity contribution in [3.05, 3.63) is 40.4 Å². The van der Waals surface area contributed by atoms with Crippen LogP contribution >= 0.6 is 22.9 Å². The molecular weight excluding hydrogens is 486 g/mol. The van der Waals surface area contributed by atoms with Gasteiger partial charge in [0.1, 0.15) is 17.7 Å². The Hall–Kier alpha value is -2.96. The van der Waals surface area contributed by atoms with E-state index in [1.165, 1.54) is 11.3 Å². The van der Waals surface area contributed by atoms with Gasteiger partial charge in [-0.15, -0.1) is 11.3 Å². The SMILES string of the molecule is C=C(C#N)C(=O)NC[C@@H](NC(=O)[C@H](Cc1nc2ccc(Cl)cc2s1)NC(=O)CCC)C1CCCC1. The number of nitriles is 1. The van der Waals surface area contributed by atoms with Crippen LogP contribution in [0.15, 0.2) is 30.4 Å². The quantitative estimate of drug-likeness (QED) is 0.311. The maximum absolute atomic E-state index is 13.4. The largest absolute Gasteiger partial charge is 0.350 e. The van der Waals surface area contributed by atoms with Gasteiger partial charge in [0.05, 0.1) is 15.2 Å². The Kier molecular flexibility index (Phi) is 9.64. The maximum Gasteiger partial charge on any atom is 0.261 e. The smallest absolute Gasteiger partial charge is 0.261 e. The van der Waals surface area contributed by atoms with Crippen molar-refractivity contribution in [3.8, 4) is 6.07 Å². The van der Waals surface area contributed by atoms with Gasteiger partial charge in [0.15, 0.2) is 0 Å². The van der Waals surface area contributed by atoms with Crippen molar-refractivity contribution in [2.75, 3.05) is 6.54 Å². The van der Waals surface area contributed by atoms with Gasteiger partial charge in [0, 0.05) is 30.5 Å². The average molecular weight is 516 g/mol. The molecule has 0 aliphatic heterocycles. The van der Waals surface area contributed by atoms with E-state index in [0.29, 0.717) is 17.9 Å². The zero-order valence-corrected chi connectivity index (χ0v) is 21.3. The fraction of sp³-hybridized carbons (Fsp3) is 0.480. The van der Waals surface area contributed by atoms with E-state index in [1.54, 1.807) is 12.1 Å². The van der Waals surface area contributed by atoms with Gasteiger partial charge in [-0.05, 0) is 43.4 Å². The third-order valence-electron chi connectivity index (χ3n) is 6.09. The molecule has 1 aliphatic carbocycles. The molecule has 1 aromatic heterocycles. The number of benzene rings is 1. The summed E-state index contributed by atoms with van der Waals surface area (Å²) in [6, 6.07) is 6.04. The van der Waals surface area contributed by atoms with Crippen LogP contribution in [0.25, 0.3) is 10.2 Å². The minimum Gasteiger partial charge on any atom is -0.350 e. The van der Waals surface area contributed by atoms with Gasteiger partial charge >= 0.3 is 0 Å². The molecule has 1 aromatic carbocycles. The fourth-order valence-corrected chi connectivity index (χ4v) is 5.54. The van der Waals surface area contributed by atoms with Crippen molar-refractivity contribution in [2.24, 2.45) is 5.92 Å². The normalized spacial score (nSPS) is 15.2. The molecule has 0 bridgehead atoms. The fourth-order valence-electron chi connectivity index (χ4n) is 4.25. The van der Waals surface area contributed by atoms with Gasteiger partial charge in [-0.25, -0.2) is 4.98 Å². The number of halogens is 1. The lowest BCUT2D eigenvalue weighted by Crippen LogP contribution is -2.54. The van der Waals surface area contributed by atoms with Crippen LogP contribution in [-0.4, -0.2) is 41.3 Å². The predicted molar refractivity (Wildman–Crippen MR) is 137 cm³/mol. The number of nitrogens with zero attached hydrogens (tertiary/aromatic N) is 2. The van der Waals surface area contributed by atoms with Crippen LogP contribution < -0.4 is 16.0 Å². The number of hydrogen-bond acceptors (Lipinski definition) is 6. The maximum atomic E-state index is 13.4. The van der Waals surface area contributed by atoms with Crippen LogP contribution in [0, 0.1) is 17.2 Å². The van der Waals surface area contributed by atoms with Crippen molar-refractivity contribution >= 4 is 50.9 Å². The van der Waals surface area contributed by atoms with E-state index in [4.69, 9.17) is 16.9 Å². The van der Waals surface area contributed by atoms with E-state index in [2.05, 4.69) is 27.5 Å². The zero-order valence-electron chi connectivity index (χ0n) is 19.7. The van der Waals surface area contributed by atoms with Crippen LogP contribution in [0.4, 0.5) is 0 Å². The molecule has 1 saturated carbocycles. The van der Waals surface area contributed by atoms with Gasteiger partial charge < -0.3 is 16.0 Å². The Labute approximate surface area is 214 Å². The van der Waals surface area contributed by atoms with Gasteiger partial charge in [0.25, 0.3) is 5.91 Å². The highest BCUT2D eigenvalue weighted by molar-refractivity contribution is 7.18. The summed E-state index contributed by atoms with van der Waals surface area (Å²) in [6.45, 7) is 5.52. The lowest BCUT2D eigenvalue weighted by Gasteiger charge is -2.27. The molecule has 186 valence electrons. The van der Waals surface area contributed by atoms with Crippen molar-refractivity contribution in [1.29, 1.82) is 5.26 Å². The molecule has 0 spiro atoms. The lowest BCUT2D eigenvalue weighted by atomic mass is 9.97. The predicted octanol–water partition coefficient (Wildman–Crippen LogP) is 3.65. The standard InChI is InChI=1S/C25H30ClN5O3S/c1-3-6-22(32)29-19(12-23-30-18-10-9-17(26)11-21(18)35-23)25(34)31-20(16-7-4-5-8-16)14-28-24(33)15(2)13-27/h9-11,16,19-20H,2-8,12,14H2,1H3,(H,28,33)(H,29,32)(H,31,34)/t19-,20+/m0/s1. The number of aromatic nitrogens is 1. The van der Waals surface area contributed by atoms with Gasteiger partial charge in [0.2, 0.25) is 11.8 Å². The van der Waals surface area contributed by atoms with Gasteiger partial charge in [-0.3, -0.25) is 14.4 Å². The van der Waals surface area contributed by atoms with E-state index in [0.717, 1.165) is 40.9 Å². The topological polar surface area (TPSA) is 124 Å². The third-order valence-corrected chi connectivity index (χ3v) is 7.37. The summed E-state index contributed by atoms with van der Waals surface area (Å²) in [7, 11) is 0. The first-order valence-electron chi connectivity index (χ1n) is 11.8. The number of rotatable bonds is 11. The third kappa shape index (κ3) is 7.51. The Morgan fingerprint density at radius 3 is 2.71 bits per heavy atom. The Balaban J connectivity index is 1.76. The highest BCUT2D eigenvalue weighted by Crippen LogP contribution is 2.28. The summed E-state index contributed by atoms with van der Waals surface area (Å²) in [6.07, 6.45) is 5.21. The number of fused-ring (bicyclic) bond motifs is 1. The molecular formula is C25H30ClN5O3S. The number of carbonyl (C=O) groups is 3. The second-order valence-electron chi connectivity index (χ2n) is 8.75. The summed E-state index contributed by atoms with van der Waals surface area (Å²) in [5.41, 5.74) is 0.611. The monoisotopic (exact) mass is 515 g/mol. The Morgan fingerprint density at radius 2 is 2.03 bits per heavy atom. The molecule has 10 heteroatoms. The van der Waals surface area contributed by atoms with Crippen LogP contribution in [0.1, 0.15) is 50.5 Å². The minimum absolute atomic E-state index is 0.179. The van der Waals surface area contributed by atoms with E-state index in [1.807, 2.05) is 19.1 Å². The highest BCUT2D eigenvalue weighted by Gasteiger charge is 2.30. The van der Waals surface area contributed by atoms with Crippen molar-refractivity contribution in [3.63, 3.8) is 0 Å². The summed E-state index contributed by atoms with van der Waals surface area (Å²) in [4.78, 5) is 42.5. The number of nitrogens with one attached hydrogen (secondary N) is 3. The molecule has 35 heavy (non-hydrogen) atoms. The van der Waals surface area contributed by atoms with E-state index >= 15 is 0 Å². The molecule has 0 unspecified atom stereocenters. The first-order chi connectivity index (χ1) is 16.8. The van der Waals surface area contributed by atoms with Gasteiger partial charge in [-0.1, -0.05) is 37.9 Å². The molecule has 1 heterocycles. The molecule has 1 aliphatic rings. The van der Waals surface area contributed by atoms with Crippen molar-refractivity contribution in [2.45, 2.75) is 64.0 Å². The Bertz CT molecular complexity index is 1140. The molecule has 3 N–H and O–H groups in total. The second-order valence-corrected chi connectivity index (χ2v) is 10.3. The highest BCUT2D eigenvalue weighted by atomic mass is 35.5. The number of amides is 3. The number of thiazole rings is 1. The molecule has 0 saturated heterocycles. The van der Waals surface area contributed by atoms with Crippen molar-refractivity contribution < 1.29 is 14.4 Å². The second kappa shape index (κ2) is 12.7. The van der Waals surface area contributed by atoms with Crippen LogP contribution in [0.5, 0.6) is 0 Å². The molecule has 3 rings (SSSR count). The first-order valence-corrected chi connectivity index (χ1v) is 13.0. The van der Waals surface area contributed by atoms with E-state index in [-0.39, 0.29) is 42.3 Å². The average Bonchev–Trinajstić information content (AvgIpc) is 3.50. The van der Waals surface area contributed by atoms with Crippen LogP contribution in [0.2, 0.25) is 5.02 Å². The lowest BCUT2D eigenvalue weighted by molar-refractivity contribution is -0.129. The Morgan fingerprint density at radius 1 is 1.29 bits per heavy atom. The molecule has 1 fully saturated rings. The first kappa shape index (κ1) is 26.6. The van der Waals surface area contributed by atoms with Gasteiger partial charge in [-0.2, -0.15) is 5.26 Å². The molecule has 2 atom stereocenters. The molecule has 0 radical (unpaired) electrons. The summed E-state index contributed by atoms with van der Waals surface area (Å²) >= 11 is 7.53. The molecule has 8 nitrogen and oxygen atoms in total. The minimum atomic E-state index is -0.807. The number of hydrogen-bond donors (Lipinski definition) is 3. The summed E-state index contributed by atoms with van der Waals surface area (Å²) in [5, 5.41) is 18.8. The van der Waals surface area contributed by atoms with E-state index in [9.17, 15) is 14.4 Å². The van der Waals surface area contributed by atoms with E-state index < -0.39 is 11.9 Å². The van der Waals surface area contributed by atoms with Crippen molar-refractivity contribution in [1.82, 2.24) is 20.9 Å². The summed E-state index contributed by atoms with van der Waals surface area (Å²) < 4.78 is 0.913. The van der Waals surface area contributed by atoms with Crippen LogP contribution in [-0.2, 0) is 20.8 Å². The zero-order chi connectivity index (χ0) is 25.4. The summed E-state index contributed by atoms with van der Waals surface area (Å²) in [5.74, 6) is -0.873. The molecule has 2 aromatic rings. The van der Waals surface area contributed by atoms with Crippen LogP contribution in [0.3, 0.4) is 0 Å². The molecule has 3 amide bonds.